The number of carbonyl (C=O) groups excluding carboxylic acids is 1. The van der Waals surface area contributed by atoms with E-state index in [1.807, 2.05) is 6.92 Å². The van der Waals surface area contributed by atoms with Crippen molar-refractivity contribution < 1.29 is 4.79 Å². The molecule has 2 nitrogen and oxygen atoms in total. The maximum absolute atomic E-state index is 11.6. The van der Waals surface area contributed by atoms with E-state index in [1.165, 1.54) is 0 Å². The fourth-order valence-electron chi connectivity index (χ4n) is 1.49. The predicted molar refractivity (Wildman–Crippen MR) is 51.9 cm³/mol. The fraction of sp³-hybridized carbons (Fsp3) is 0.900. The molecule has 0 saturated heterocycles. The van der Waals surface area contributed by atoms with Crippen molar-refractivity contribution in [2.24, 2.45) is 17.6 Å². The summed E-state index contributed by atoms with van der Waals surface area (Å²) in [5, 5.41) is 0. The first-order chi connectivity index (χ1) is 5.67. The molecule has 12 heavy (non-hydrogen) atoms. The minimum absolute atomic E-state index is 0.153. The van der Waals surface area contributed by atoms with Gasteiger partial charge in [-0.3, -0.25) is 4.79 Å². The van der Waals surface area contributed by atoms with Crippen molar-refractivity contribution in [2.45, 2.75) is 40.0 Å². The van der Waals surface area contributed by atoms with Gasteiger partial charge in [0.15, 0.2) is 0 Å². The molecule has 1 unspecified atom stereocenters. The van der Waals surface area contributed by atoms with Gasteiger partial charge in [0, 0.05) is 11.8 Å². The lowest BCUT2D eigenvalue weighted by Gasteiger charge is -2.16. The standard InChI is InChI=1S/C10H21NO/c1-4-9(5-2)10(12)8(3)6-7-11/h8-9H,4-7,11H2,1-3H3. The van der Waals surface area contributed by atoms with E-state index in [-0.39, 0.29) is 11.8 Å². The largest absolute Gasteiger partial charge is 0.330 e. The number of hydrogen-bond acceptors (Lipinski definition) is 2. The molecule has 1 atom stereocenters. The maximum atomic E-state index is 11.6. The van der Waals surface area contributed by atoms with E-state index in [0.717, 1.165) is 19.3 Å². The Balaban J connectivity index is 3.97. The van der Waals surface area contributed by atoms with Gasteiger partial charge in [-0.1, -0.05) is 20.8 Å². The van der Waals surface area contributed by atoms with E-state index in [9.17, 15) is 4.79 Å². The number of carbonyl (C=O) groups is 1. The maximum Gasteiger partial charge on any atom is 0.138 e. The van der Waals surface area contributed by atoms with E-state index >= 15 is 0 Å². The third kappa shape index (κ3) is 3.35. The van der Waals surface area contributed by atoms with Gasteiger partial charge < -0.3 is 5.73 Å². The van der Waals surface area contributed by atoms with Gasteiger partial charge in [-0.15, -0.1) is 0 Å². The molecule has 0 rings (SSSR count). The normalized spacial score (nSPS) is 13.4. The van der Waals surface area contributed by atoms with E-state index in [4.69, 9.17) is 5.73 Å². The summed E-state index contributed by atoms with van der Waals surface area (Å²) in [5.74, 6) is 0.803. The molecule has 72 valence electrons. The average molecular weight is 171 g/mol. The summed E-state index contributed by atoms with van der Waals surface area (Å²) in [5.41, 5.74) is 5.40. The molecule has 0 fully saturated rings. The molecule has 0 aromatic heterocycles. The summed E-state index contributed by atoms with van der Waals surface area (Å²) >= 11 is 0. The van der Waals surface area contributed by atoms with Crippen LogP contribution < -0.4 is 5.73 Å². The molecule has 2 N–H and O–H groups in total. The van der Waals surface area contributed by atoms with Crippen molar-refractivity contribution >= 4 is 5.78 Å². The third-order valence-corrected chi connectivity index (χ3v) is 2.47. The zero-order chi connectivity index (χ0) is 9.56. The molecule has 0 saturated carbocycles. The highest BCUT2D eigenvalue weighted by molar-refractivity contribution is 5.82. The molecule has 0 radical (unpaired) electrons. The summed E-state index contributed by atoms with van der Waals surface area (Å²) in [7, 11) is 0. The van der Waals surface area contributed by atoms with Gasteiger partial charge in [-0.05, 0) is 25.8 Å². The summed E-state index contributed by atoms with van der Waals surface area (Å²) in [6.07, 6.45) is 2.75. The number of rotatable bonds is 6. The molecular formula is C10H21NO. The van der Waals surface area contributed by atoms with Crippen LogP contribution in [0, 0.1) is 11.8 Å². The molecule has 0 heterocycles. The molecule has 0 aliphatic carbocycles. The Labute approximate surface area is 75.5 Å². The fourth-order valence-corrected chi connectivity index (χ4v) is 1.49. The molecule has 0 spiro atoms. The monoisotopic (exact) mass is 171 g/mol. The van der Waals surface area contributed by atoms with Gasteiger partial charge in [-0.25, -0.2) is 0 Å². The Bertz CT molecular complexity index is 130. The molecule has 0 aliphatic rings. The first-order valence-corrected chi connectivity index (χ1v) is 4.91. The quantitative estimate of drug-likeness (QED) is 0.664. The Morgan fingerprint density at radius 3 is 2.17 bits per heavy atom. The van der Waals surface area contributed by atoms with Crippen LogP contribution in [0.2, 0.25) is 0 Å². The van der Waals surface area contributed by atoms with Gasteiger partial charge in [0.1, 0.15) is 5.78 Å². The van der Waals surface area contributed by atoms with Crippen LogP contribution in [0.15, 0.2) is 0 Å². The number of nitrogens with two attached hydrogens (primary N) is 1. The molecule has 0 aromatic carbocycles. The lowest BCUT2D eigenvalue weighted by molar-refractivity contribution is -0.126. The number of hydrogen-bond donors (Lipinski definition) is 1. The van der Waals surface area contributed by atoms with Crippen LogP contribution >= 0.6 is 0 Å². The highest BCUT2D eigenvalue weighted by atomic mass is 16.1. The van der Waals surface area contributed by atoms with E-state index in [0.29, 0.717) is 12.3 Å². The van der Waals surface area contributed by atoms with E-state index < -0.39 is 0 Å². The Morgan fingerprint density at radius 2 is 1.83 bits per heavy atom. The minimum Gasteiger partial charge on any atom is -0.330 e. The van der Waals surface area contributed by atoms with Gasteiger partial charge in [0.05, 0.1) is 0 Å². The van der Waals surface area contributed by atoms with Crippen molar-refractivity contribution in [1.29, 1.82) is 0 Å². The van der Waals surface area contributed by atoms with Crippen LogP contribution in [-0.4, -0.2) is 12.3 Å². The topological polar surface area (TPSA) is 43.1 Å². The second-order valence-corrected chi connectivity index (χ2v) is 3.39. The molecular weight excluding hydrogens is 150 g/mol. The lowest BCUT2D eigenvalue weighted by atomic mass is 9.88. The van der Waals surface area contributed by atoms with Gasteiger partial charge in [0.25, 0.3) is 0 Å². The van der Waals surface area contributed by atoms with Crippen molar-refractivity contribution in [1.82, 2.24) is 0 Å². The zero-order valence-electron chi connectivity index (χ0n) is 8.47. The van der Waals surface area contributed by atoms with Crippen LogP contribution in [0.5, 0.6) is 0 Å². The van der Waals surface area contributed by atoms with E-state index in [2.05, 4.69) is 13.8 Å². The molecule has 0 aromatic rings. The Morgan fingerprint density at radius 1 is 1.33 bits per heavy atom. The number of Topliss-reactive ketones (excluding diaryl/α,β-unsaturated/α-hetero) is 1. The lowest BCUT2D eigenvalue weighted by Crippen LogP contribution is -2.22. The highest BCUT2D eigenvalue weighted by Crippen LogP contribution is 2.16. The van der Waals surface area contributed by atoms with Crippen LogP contribution in [0.3, 0.4) is 0 Å². The SMILES string of the molecule is CCC(CC)C(=O)C(C)CCN. The van der Waals surface area contributed by atoms with Crippen LogP contribution in [0.4, 0.5) is 0 Å². The molecule has 2 heteroatoms. The van der Waals surface area contributed by atoms with Crippen molar-refractivity contribution in [3.63, 3.8) is 0 Å². The Kier molecular flexibility index (Phi) is 5.99. The van der Waals surface area contributed by atoms with Crippen LogP contribution in [-0.2, 0) is 4.79 Å². The summed E-state index contributed by atoms with van der Waals surface area (Å²) < 4.78 is 0. The van der Waals surface area contributed by atoms with Crippen LogP contribution in [0.25, 0.3) is 0 Å². The second kappa shape index (κ2) is 6.18. The average Bonchev–Trinajstić information content (AvgIpc) is 2.07. The minimum atomic E-state index is 0.153. The van der Waals surface area contributed by atoms with Gasteiger partial charge in [-0.2, -0.15) is 0 Å². The number of ketones is 1. The molecule has 0 aliphatic heterocycles. The summed E-state index contributed by atoms with van der Waals surface area (Å²) in [6, 6.07) is 0. The van der Waals surface area contributed by atoms with Crippen molar-refractivity contribution in [3.8, 4) is 0 Å². The second-order valence-electron chi connectivity index (χ2n) is 3.39. The van der Waals surface area contributed by atoms with Crippen molar-refractivity contribution in [3.05, 3.63) is 0 Å². The molecule has 0 bridgehead atoms. The van der Waals surface area contributed by atoms with Gasteiger partial charge >= 0.3 is 0 Å². The van der Waals surface area contributed by atoms with Gasteiger partial charge in [0.2, 0.25) is 0 Å². The first-order valence-electron chi connectivity index (χ1n) is 4.91. The smallest absolute Gasteiger partial charge is 0.138 e. The van der Waals surface area contributed by atoms with Crippen molar-refractivity contribution in [2.75, 3.05) is 6.54 Å². The Hall–Kier alpha value is -0.370. The predicted octanol–water partition coefficient (Wildman–Crippen LogP) is 1.98. The first kappa shape index (κ1) is 11.6. The van der Waals surface area contributed by atoms with E-state index in [1.54, 1.807) is 0 Å². The van der Waals surface area contributed by atoms with Crippen LogP contribution in [0.1, 0.15) is 40.0 Å². The summed E-state index contributed by atoms with van der Waals surface area (Å²) in [4.78, 5) is 11.6. The highest BCUT2D eigenvalue weighted by Gasteiger charge is 2.19. The summed E-state index contributed by atoms with van der Waals surface area (Å²) in [6.45, 7) is 6.74. The third-order valence-electron chi connectivity index (χ3n) is 2.47. The zero-order valence-corrected chi connectivity index (χ0v) is 8.47. The molecule has 0 amide bonds.